The average Bonchev–Trinajstić information content (AvgIpc) is 2.80. The summed E-state index contributed by atoms with van der Waals surface area (Å²) in [6, 6.07) is 6.03. The van der Waals surface area contributed by atoms with E-state index in [2.05, 4.69) is 4.99 Å². The highest BCUT2D eigenvalue weighted by molar-refractivity contribution is 5.87. The molecule has 1 aromatic carbocycles. The Hall–Kier alpha value is -2.77. The van der Waals surface area contributed by atoms with Gasteiger partial charge in [0.05, 0.1) is 25.4 Å². The lowest BCUT2D eigenvalue weighted by molar-refractivity contribution is -0.146. The number of carbonyl (C=O) groups excluding carboxylic acids is 2. The normalized spacial score (nSPS) is 16.5. The van der Waals surface area contributed by atoms with Crippen molar-refractivity contribution in [3.05, 3.63) is 23.8 Å². The molecular formula is C26H40N4O4. The second-order valence-corrected chi connectivity index (χ2v) is 10.5. The van der Waals surface area contributed by atoms with Gasteiger partial charge in [-0.1, -0.05) is 46.1 Å². The van der Waals surface area contributed by atoms with E-state index in [9.17, 15) is 9.59 Å². The van der Waals surface area contributed by atoms with E-state index < -0.39 is 0 Å². The van der Waals surface area contributed by atoms with Gasteiger partial charge >= 0.3 is 5.97 Å². The number of guanidine groups is 1. The Labute approximate surface area is 203 Å². The molecule has 0 aromatic heterocycles. The summed E-state index contributed by atoms with van der Waals surface area (Å²) in [5, 5.41) is 0. The zero-order valence-electron chi connectivity index (χ0n) is 21.1. The van der Waals surface area contributed by atoms with Gasteiger partial charge in [-0.25, -0.2) is 4.99 Å². The zero-order chi connectivity index (χ0) is 24.7. The van der Waals surface area contributed by atoms with E-state index in [0.717, 1.165) is 24.1 Å². The molecule has 0 saturated heterocycles. The predicted molar refractivity (Wildman–Crippen MR) is 133 cm³/mol. The summed E-state index contributed by atoms with van der Waals surface area (Å²) in [4.78, 5) is 33.0. The number of ether oxygens (including phenoxy) is 2. The Morgan fingerprint density at radius 2 is 1.94 bits per heavy atom. The molecule has 1 saturated carbocycles. The van der Waals surface area contributed by atoms with Gasteiger partial charge in [0.25, 0.3) is 0 Å². The number of fused-ring (bicyclic) bond motifs is 1. The molecule has 2 N–H and O–H groups in total. The smallest absolute Gasteiger partial charge is 0.325 e. The number of rotatable bonds is 9. The van der Waals surface area contributed by atoms with Crippen molar-refractivity contribution in [2.24, 2.45) is 16.1 Å². The van der Waals surface area contributed by atoms with Gasteiger partial charge in [0, 0.05) is 25.1 Å². The van der Waals surface area contributed by atoms with Crippen LogP contribution in [0.5, 0.6) is 5.75 Å². The standard InChI is InChI=1S/C26H40N4O4/c1-26(2,3)18-34-24(32)17-30-16-20-21(28-25(30)27)12-8-13-22(20)33-15-9-14-23(31)29(4)19-10-6-5-7-11-19/h8,12-13,19H,5-7,9-11,14-18H2,1-4H3,(H2,27,28). The number of nitrogens with zero attached hydrogens (tertiary/aromatic N) is 3. The molecule has 8 nitrogen and oxygen atoms in total. The van der Waals surface area contributed by atoms with E-state index in [1.807, 2.05) is 50.9 Å². The predicted octanol–water partition coefficient (Wildman–Crippen LogP) is 3.99. The summed E-state index contributed by atoms with van der Waals surface area (Å²) in [5.74, 6) is 0.835. The SMILES string of the molecule is CN(C(=O)CCCOc1cccc2c1CN(CC(=O)OCC(C)(C)C)C(N)=N2)C1CCCCC1. The summed E-state index contributed by atoms with van der Waals surface area (Å²) in [5.41, 5.74) is 7.62. The number of amides is 1. The molecule has 8 heteroatoms. The molecule has 1 aromatic rings. The van der Waals surface area contributed by atoms with E-state index in [1.54, 1.807) is 4.90 Å². The maximum atomic E-state index is 12.6. The molecule has 1 aliphatic heterocycles. The van der Waals surface area contributed by atoms with Crippen molar-refractivity contribution in [2.45, 2.75) is 78.3 Å². The van der Waals surface area contributed by atoms with Crippen LogP contribution in [0.25, 0.3) is 0 Å². The third-order valence-electron chi connectivity index (χ3n) is 6.31. The lowest BCUT2D eigenvalue weighted by Crippen LogP contribution is -2.42. The third kappa shape index (κ3) is 7.37. The molecule has 1 fully saturated rings. The quantitative estimate of drug-likeness (QED) is 0.431. The van der Waals surface area contributed by atoms with E-state index in [1.165, 1.54) is 19.3 Å². The van der Waals surface area contributed by atoms with E-state index >= 15 is 0 Å². The van der Waals surface area contributed by atoms with Gasteiger partial charge in [0.15, 0.2) is 5.96 Å². The fourth-order valence-electron chi connectivity index (χ4n) is 4.31. The summed E-state index contributed by atoms with van der Waals surface area (Å²) < 4.78 is 11.4. The number of hydrogen-bond donors (Lipinski definition) is 1. The van der Waals surface area contributed by atoms with Crippen molar-refractivity contribution in [1.29, 1.82) is 0 Å². The minimum absolute atomic E-state index is 0.0290. The molecular weight excluding hydrogens is 432 g/mol. The molecule has 0 spiro atoms. The van der Waals surface area contributed by atoms with E-state index in [0.29, 0.717) is 44.4 Å². The summed E-state index contributed by atoms with van der Waals surface area (Å²) in [6.07, 6.45) is 7.04. The van der Waals surface area contributed by atoms with Crippen molar-refractivity contribution in [3.8, 4) is 5.75 Å². The van der Waals surface area contributed by atoms with Gasteiger partial charge in [-0.05, 0) is 36.8 Å². The Morgan fingerprint density at radius 1 is 1.21 bits per heavy atom. The van der Waals surface area contributed by atoms with Crippen LogP contribution < -0.4 is 10.5 Å². The highest BCUT2D eigenvalue weighted by Crippen LogP contribution is 2.33. The average molecular weight is 473 g/mol. The minimum Gasteiger partial charge on any atom is -0.493 e. The van der Waals surface area contributed by atoms with Crippen molar-refractivity contribution in [1.82, 2.24) is 9.80 Å². The molecule has 1 heterocycles. The minimum atomic E-state index is -0.337. The Kier molecular flexibility index (Phi) is 8.80. The van der Waals surface area contributed by atoms with Crippen molar-refractivity contribution in [2.75, 3.05) is 26.8 Å². The first kappa shape index (κ1) is 25.8. The van der Waals surface area contributed by atoms with Crippen LogP contribution in [0.15, 0.2) is 23.2 Å². The van der Waals surface area contributed by atoms with Crippen LogP contribution in [0, 0.1) is 5.41 Å². The highest BCUT2D eigenvalue weighted by Gasteiger charge is 2.25. The zero-order valence-corrected chi connectivity index (χ0v) is 21.1. The molecule has 34 heavy (non-hydrogen) atoms. The Morgan fingerprint density at radius 3 is 2.65 bits per heavy atom. The van der Waals surface area contributed by atoms with Crippen molar-refractivity contribution >= 4 is 23.5 Å². The highest BCUT2D eigenvalue weighted by atomic mass is 16.5. The summed E-state index contributed by atoms with van der Waals surface area (Å²) in [6.45, 7) is 7.26. The molecule has 0 bridgehead atoms. The second-order valence-electron chi connectivity index (χ2n) is 10.5. The molecule has 1 amide bonds. The topological polar surface area (TPSA) is 97.5 Å². The lowest BCUT2D eigenvalue weighted by atomic mass is 9.94. The van der Waals surface area contributed by atoms with E-state index in [4.69, 9.17) is 15.2 Å². The first-order valence-electron chi connectivity index (χ1n) is 12.4. The molecule has 0 atom stereocenters. The van der Waals surface area contributed by atoms with Gasteiger partial charge < -0.3 is 25.0 Å². The Balaban J connectivity index is 1.51. The Bertz CT molecular complexity index is 887. The fourth-order valence-corrected chi connectivity index (χ4v) is 4.31. The summed E-state index contributed by atoms with van der Waals surface area (Å²) >= 11 is 0. The van der Waals surface area contributed by atoms with Gasteiger partial charge in [-0.2, -0.15) is 0 Å². The van der Waals surface area contributed by atoms with Crippen molar-refractivity contribution in [3.63, 3.8) is 0 Å². The molecule has 0 radical (unpaired) electrons. The largest absolute Gasteiger partial charge is 0.493 e. The monoisotopic (exact) mass is 472 g/mol. The van der Waals surface area contributed by atoms with Gasteiger partial charge in [-0.3, -0.25) is 9.59 Å². The van der Waals surface area contributed by atoms with Gasteiger partial charge in [-0.15, -0.1) is 0 Å². The maximum Gasteiger partial charge on any atom is 0.325 e. The first-order valence-corrected chi connectivity index (χ1v) is 12.4. The molecule has 1 aliphatic carbocycles. The number of esters is 1. The van der Waals surface area contributed by atoms with Crippen LogP contribution in [-0.4, -0.2) is 60.5 Å². The third-order valence-corrected chi connectivity index (χ3v) is 6.31. The van der Waals surface area contributed by atoms with Gasteiger partial charge in [0.2, 0.25) is 5.91 Å². The summed E-state index contributed by atoms with van der Waals surface area (Å²) in [7, 11) is 1.93. The van der Waals surface area contributed by atoms with E-state index in [-0.39, 0.29) is 29.8 Å². The van der Waals surface area contributed by atoms with Crippen molar-refractivity contribution < 1.29 is 19.1 Å². The molecule has 3 rings (SSSR count). The number of benzene rings is 1. The number of aliphatic imine (C=N–C) groups is 1. The number of hydrogen-bond acceptors (Lipinski definition) is 7. The fraction of sp³-hybridized carbons (Fsp3) is 0.654. The first-order chi connectivity index (χ1) is 16.1. The van der Waals surface area contributed by atoms with Crippen LogP contribution >= 0.6 is 0 Å². The molecule has 0 unspecified atom stereocenters. The van der Waals surface area contributed by atoms with Gasteiger partial charge in [0.1, 0.15) is 12.3 Å². The van der Waals surface area contributed by atoms with Crippen LogP contribution in [0.4, 0.5) is 5.69 Å². The molecule has 188 valence electrons. The second kappa shape index (κ2) is 11.6. The van der Waals surface area contributed by atoms with Crippen LogP contribution in [0.1, 0.15) is 71.3 Å². The lowest BCUT2D eigenvalue weighted by Gasteiger charge is -2.31. The number of carbonyl (C=O) groups is 2. The van der Waals surface area contributed by atoms with Crippen LogP contribution in [0.2, 0.25) is 0 Å². The van der Waals surface area contributed by atoms with Crippen LogP contribution in [-0.2, 0) is 20.9 Å². The molecule has 2 aliphatic rings. The van der Waals surface area contributed by atoms with Crippen LogP contribution in [0.3, 0.4) is 0 Å². The maximum absolute atomic E-state index is 12.6. The number of nitrogens with two attached hydrogens (primary N) is 1.